The predicted molar refractivity (Wildman–Crippen MR) is 57.1 cm³/mol. The van der Waals surface area contributed by atoms with Crippen LogP contribution < -0.4 is 0 Å². The molecule has 60 valence electrons. The Labute approximate surface area is 87.1 Å². The smallest absolute Gasteiger partial charge is 0.0703 e. The fourth-order valence-corrected chi connectivity index (χ4v) is 1.80. The van der Waals surface area contributed by atoms with Gasteiger partial charge >= 0.3 is 0 Å². The molecule has 1 nitrogen and oxygen atoms in total. The normalized spacial score (nSPS) is 10.5. The van der Waals surface area contributed by atoms with Crippen LogP contribution in [0.5, 0.6) is 0 Å². The highest BCUT2D eigenvalue weighted by molar-refractivity contribution is 9.10. The summed E-state index contributed by atoms with van der Waals surface area (Å²) < 4.78 is 2.09. The zero-order chi connectivity index (χ0) is 8.55. The van der Waals surface area contributed by atoms with Crippen LogP contribution in [-0.4, -0.2) is 4.98 Å². The molecular weight excluding hydrogens is 282 g/mol. The molecule has 0 radical (unpaired) electrons. The molecule has 0 N–H and O–H groups in total. The van der Waals surface area contributed by atoms with Gasteiger partial charge in [-0.15, -0.1) is 0 Å². The van der Waals surface area contributed by atoms with Crippen LogP contribution in [-0.2, 0) is 0 Å². The number of aromatic nitrogens is 1. The summed E-state index contributed by atoms with van der Waals surface area (Å²) in [6.07, 6.45) is 1.80. The summed E-state index contributed by atoms with van der Waals surface area (Å²) in [6.45, 7) is 0. The minimum atomic E-state index is 1.01. The van der Waals surface area contributed by atoms with Crippen LogP contribution in [0.2, 0.25) is 0 Å². The van der Waals surface area contributed by atoms with Crippen molar-refractivity contribution in [1.29, 1.82) is 0 Å². The summed E-state index contributed by atoms with van der Waals surface area (Å²) in [5.41, 5.74) is 1.02. The zero-order valence-electron chi connectivity index (χ0n) is 6.09. The average molecular weight is 287 g/mol. The van der Waals surface area contributed by atoms with Gasteiger partial charge in [0.25, 0.3) is 0 Å². The van der Waals surface area contributed by atoms with Gasteiger partial charge in [-0.2, -0.15) is 0 Å². The third-order valence-corrected chi connectivity index (χ3v) is 2.54. The number of nitrogens with zero attached hydrogens (tertiary/aromatic N) is 1. The van der Waals surface area contributed by atoms with Crippen molar-refractivity contribution < 1.29 is 0 Å². The van der Waals surface area contributed by atoms with Crippen LogP contribution in [0.1, 0.15) is 0 Å². The molecule has 0 fully saturated rings. The number of hydrogen-bond donors (Lipinski definition) is 0. The molecule has 0 spiro atoms. The van der Waals surface area contributed by atoms with Gasteiger partial charge < -0.3 is 0 Å². The number of fused-ring (bicyclic) bond motifs is 1. The topological polar surface area (TPSA) is 12.9 Å². The number of hydrogen-bond acceptors (Lipinski definition) is 1. The first-order chi connectivity index (χ1) is 5.75. The molecule has 12 heavy (non-hydrogen) atoms. The molecular formula is C9H5Br2N. The second-order valence-corrected chi connectivity index (χ2v) is 4.32. The van der Waals surface area contributed by atoms with Crippen LogP contribution in [0.25, 0.3) is 10.9 Å². The van der Waals surface area contributed by atoms with E-state index in [1.807, 2.05) is 24.3 Å². The Bertz CT molecular complexity index is 389. The van der Waals surface area contributed by atoms with Gasteiger partial charge in [0.1, 0.15) is 0 Å². The lowest BCUT2D eigenvalue weighted by molar-refractivity contribution is 1.39. The van der Waals surface area contributed by atoms with Crippen LogP contribution >= 0.6 is 31.9 Å². The summed E-state index contributed by atoms with van der Waals surface area (Å²) in [7, 11) is 0. The Morgan fingerprint density at radius 2 is 1.75 bits per heavy atom. The third-order valence-electron chi connectivity index (χ3n) is 1.61. The standard InChI is InChI=1S/C9H5Br2N/c10-7-1-2-9-6(3-7)4-8(11)5-12-9/h1-5H. The minimum absolute atomic E-state index is 1.01. The van der Waals surface area contributed by atoms with E-state index in [4.69, 9.17) is 0 Å². The van der Waals surface area contributed by atoms with E-state index in [0.29, 0.717) is 0 Å². The van der Waals surface area contributed by atoms with Crippen molar-refractivity contribution in [3.63, 3.8) is 0 Å². The Morgan fingerprint density at radius 3 is 2.58 bits per heavy atom. The van der Waals surface area contributed by atoms with Crippen LogP contribution in [0, 0.1) is 0 Å². The highest BCUT2D eigenvalue weighted by atomic mass is 79.9. The molecule has 2 aromatic rings. The largest absolute Gasteiger partial charge is 0.255 e. The van der Waals surface area contributed by atoms with Crippen LogP contribution in [0.15, 0.2) is 39.4 Å². The first-order valence-corrected chi connectivity index (χ1v) is 5.05. The molecule has 1 heterocycles. The molecule has 0 bridgehead atoms. The number of rotatable bonds is 0. The van der Waals surface area contributed by atoms with E-state index in [-0.39, 0.29) is 0 Å². The molecule has 0 atom stereocenters. The predicted octanol–water partition coefficient (Wildman–Crippen LogP) is 3.76. The monoisotopic (exact) mass is 285 g/mol. The van der Waals surface area contributed by atoms with Crippen molar-refractivity contribution in [1.82, 2.24) is 4.98 Å². The lowest BCUT2D eigenvalue weighted by atomic mass is 10.2. The molecule has 3 heteroatoms. The Balaban J connectivity index is 2.80. The summed E-state index contributed by atoms with van der Waals surface area (Å²) in [4.78, 5) is 4.25. The van der Waals surface area contributed by atoms with Gasteiger partial charge in [-0.1, -0.05) is 15.9 Å². The Morgan fingerprint density at radius 1 is 1.00 bits per heavy atom. The quantitative estimate of drug-likeness (QED) is 0.719. The first-order valence-electron chi connectivity index (χ1n) is 3.46. The second-order valence-electron chi connectivity index (χ2n) is 2.49. The van der Waals surface area contributed by atoms with Crippen molar-refractivity contribution in [3.05, 3.63) is 39.4 Å². The highest BCUT2D eigenvalue weighted by Gasteiger charge is 1.95. The van der Waals surface area contributed by atoms with Gasteiger partial charge in [0.05, 0.1) is 5.52 Å². The summed E-state index contributed by atoms with van der Waals surface area (Å²) >= 11 is 6.79. The van der Waals surface area contributed by atoms with Crippen LogP contribution in [0.4, 0.5) is 0 Å². The molecule has 0 unspecified atom stereocenters. The van der Waals surface area contributed by atoms with E-state index in [0.717, 1.165) is 19.8 Å². The second kappa shape index (κ2) is 3.15. The van der Waals surface area contributed by atoms with Crippen molar-refractivity contribution in [2.75, 3.05) is 0 Å². The summed E-state index contributed by atoms with van der Waals surface area (Å²) in [5.74, 6) is 0. The minimum Gasteiger partial charge on any atom is -0.255 e. The molecule has 0 saturated carbocycles. The molecule has 0 aliphatic heterocycles. The van der Waals surface area contributed by atoms with Crippen LogP contribution in [0.3, 0.4) is 0 Å². The van der Waals surface area contributed by atoms with E-state index < -0.39 is 0 Å². The molecule has 0 aliphatic rings. The lowest BCUT2D eigenvalue weighted by Crippen LogP contribution is -1.77. The average Bonchev–Trinajstić information content (AvgIpc) is 2.03. The number of halogens is 2. The van der Waals surface area contributed by atoms with E-state index in [2.05, 4.69) is 36.8 Å². The van der Waals surface area contributed by atoms with Gasteiger partial charge in [-0.05, 0) is 40.2 Å². The van der Waals surface area contributed by atoms with Gasteiger partial charge in [0, 0.05) is 20.5 Å². The molecule has 1 aromatic heterocycles. The maximum Gasteiger partial charge on any atom is 0.0703 e. The SMILES string of the molecule is Brc1ccc2ncc(Br)cc2c1. The summed E-state index contributed by atoms with van der Waals surface area (Å²) in [5, 5.41) is 1.14. The maximum absolute atomic E-state index is 4.25. The van der Waals surface area contributed by atoms with Gasteiger partial charge in [0.2, 0.25) is 0 Å². The van der Waals surface area contributed by atoms with Gasteiger partial charge in [-0.25, -0.2) is 0 Å². The molecule has 2 rings (SSSR count). The molecule has 0 amide bonds. The van der Waals surface area contributed by atoms with Gasteiger partial charge in [0.15, 0.2) is 0 Å². The zero-order valence-corrected chi connectivity index (χ0v) is 9.26. The van der Waals surface area contributed by atoms with Crippen molar-refractivity contribution in [2.45, 2.75) is 0 Å². The number of benzene rings is 1. The van der Waals surface area contributed by atoms with E-state index in [1.165, 1.54) is 0 Å². The fourth-order valence-electron chi connectivity index (χ4n) is 1.08. The Hall–Kier alpha value is -0.410. The number of pyridine rings is 1. The van der Waals surface area contributed by atoms with E-state index in [1.54, 1.807) is 6.20 Å². The fraction of sp³-hybridized carbons (Fsp3) is 0. The van der Waals surface area contributed by atoms with Gasteiger partial charge in [-0.3, -0.25) is 4.98 Å². The van der Waals surface area contributed by atoms with E-state index in [9.17, 15) is 0 Å². The molecule has 0 saturated heterocycles. The first kappa shape index (κ1) is 8.20. The third kappa shape index (κ3) is 1.52. The lowest BCUT2D eigenvalue weighted by Gasteiger charge is -1.97. The Kier molecular flexibility index (Phi) is 2.15. The van der Waals surface area contributed by atoms with Crippen molar-refractivity contribution in [3.8, 4) is 0 Å². The van der Waals surface area contributed by atoms with E-state index >= 15 is 0 Å². The molecule has 0 aliphatic carbocycles. The maximum atomic E-state index is 4.25. The van der Waals surface area contributed by atoms with Crippen molar-refractivity contribution >= 4 is 42.8 Å². The highest BCUT2D eigenvalue weighted by Crippen LogP contribution is 2.20. The van der Waals surface area contributed by atoms with Crippen molar-refractivity contribution in [2.24, 2.45) is 0 Å². The summed E-state index contributed by atoms with van der Waals surface area (Å²) in [6, 6.07) is 8.08. The molecule has 1 aromatic carbocycles.